The molecule has 0 aliphatic carbocycles. The Kier molecular flexibility index (Phi) is 5.66. The van der Waals surface area contributed by atoms with Crippen LogP contribution in [0.1, 0.15) is 34.5 Å². The number of carbonyl (C=O) groups excluding carboxylic acids is 2. The Morgan fingerprint density at radius 3 is 2.29 bits per heavy atom. The zero-order valence-corrected chi connectivity index (χ0v) is 16.6. The maximum atomic E-state index is 14.1. The van der Waals surface area contributed by atoms with E-state index >= 15 is 0 Å². The number of methoxy groups -OCH3 is 1. The summed E-state index contributed by atoms with van der Waals surface area (Å²) in [4.78, 5) is 25.2. The molecule has 6 nitrogen and oxygen atoms in total. The first-order valence-corrected chi connectivity index (χ1v) is 8.96. The Hall–Kier alpha value is -3.56. The largest absolute Gasteiger partial charge is 0.573 e. The summed E-state index contributed by atoms with van der Waals surface area (Å²) >= 11 is 0. The lowest BCUT2D eigenvalue weighted by atomic mass is 9.98. The molecule has 0 saturated carbocycles. The first kappa shape index (κ1) is 22.1. The monoisotopic (exact) mass is 439 g/mol. The van der Waals surface area contributed by atoms with Crippen LogP contribution in [0.5, 0.6) is 11.5 Å². The highest BCUT2D eigenvalue weighted by molar-refractivity contribution is 6.05. The maximum absolute atomic E-state index is 14.1. The van der Waals surface area contributed by atoms with Crippen molar-refractivity contribution < 1.29 is 41.7 Å². The third kappa shape index (κ3) is 4.18. The van der Waals surface area contributed by atoms with Gasteiger partial charge in [-0.25, -0.2) is 4.39 Å². The summed E-state index contributed by atoms with van der Waals surface area (Å²) in [5.41, 5.74) is 0.723. The van der Waals surface area contributed by atoms with E-state index in [1.165, 1.54) is 21.0 Å². The van der Waals surface area contributed by atoms with Crippen LogP contribution < -0.4 is 4.74 Å². The van der Waals surface area contributed by atoms with Crippen molar-refractivity contribution in [3.05, 3.63) is 59.0 Å². The third-order valence-corrected chi connectivity index (χ3v) is 4.85. The lowest BCUT2D eigenvalue weighted by Crippen LogP contribution is -2.18. The van der Waals surface area contributed by atoms with Gasteiger partial charge in [-0.2, -0.15) is 0 Å². The predicted octanol–water partition coefficient (Wildman–Crippen LogP) is 4.66. The van der Waals surface area contributed by atoms with Crippen molar-refractivity contribution in [3.63, 3.8) is 0 Å². The summed E-state index contributed by atoms with van der Waals surface area (Å²) in [6.07, 6.45) is -4.88. The van der Waals surface area contributed by atoms with E-state index in [-0.39, 0.29) is 16.5 Å². The van der Waals surface area contributed by atoms with Gasteiger partial charge < -0.3 is 14.6 Å². The number of alkyl halides is 3. The first-order valence-electron chi connectivity index (χ1n) is 8.96. The summed E-state index contributed by atoms with van der Waals surface area (Å²) in [6, 6.07) is 6.28. The molecule has 0 spiro atoms. The van der Waals surface area contributed by atoms with Gasteiger partial charge in [-0.15, -0.1) is 13.2 Å². The van der Waals surface area contributed by atoms with Crippen molar-refractivity contribution in [1.82, 2.24) is 4.57 Å². The predicted molar refractivity (Wildman–Crippen MR) is 102 cm³/mol. The van der Waals surface area contributed by atoms with E-state index in [9.17, 15) is 32.3 Å². The zero-order chi connectivity index (χ0) is 23.1. The van der Waals surface area contributed by atoms with Crippen LogP contribution in [0, 0.1) is 12.7 Å². The van der Waals surface area contributed by atoms with Crippen LogP contribution in [0.25, 0.3) is 10.9 Å². The zero-order valence-electron chi connectivity index (χ0n) is 16.6. The fourth-order valence-corrected chi connectivity index (χ4v) is 3.48. The summed E-state index contributed by atoms with van der Waals surface area (Å²) in [5.74, 6) is -4.26. The molecule has 1 unspecified atom stereocenters. The Morgan fingerprint density at radius 2 is 1.74 bits per heavy atom. The van der Waals surface area contributed by atoms with Crippen LogP contribution in [0.4, 0.5) is 17.6 Å². The lowest BCUT2D eigenvalue weighted by Gasteiger charge is -2.12. The van der Waals surface area contributed by atoms with E-state index < -0.39 is 41.5 Å². The highest BCUT2D eigenvalue weighted by atomic mass is 19.4. The average Bonchev–Trinajstić information content (AvgIpc) is 2.96. The highest BCUT2D eigenvalue weighted by Crippen LogP contribution is 2.36. The Balaban J connectivity index is 2.15. The number of nitrogens with zero attached hydrogens (tertiary/aromatic N) is 1. The highest BCUT2D eigenvalue weighted by Gasteiger charge is 2.31. The van der Waals surface area contributed by atoms with Crippen LogP contribution in [0.15, 0.2) is 36.4 Å². The maximum Gasteiger partial charge on any atom is 0.573 e. The number of ether oxygens (including phenoxy) is 2. The number of halogens is 4. The molecule has 0 bridgehead atoms. The molecular formula is C21H17F4NO5. The number of carbonyl (C=O) groups is 2. The summed E-state index contributed by atoms with van der Waals surface area (Å²) in [6.45, 7) is 3.06. The summed E-state index contributed by atoms with van der Waals surface area (Å²) in [5, 5.41) is 10.1. The number of esters is 1. The lowest BCUT2D eigenvalue weighted by molar-refractivity contribution is -0.274. The van der Waals surface area contributed by atoms with Gasteiger partial charge in [-0.1, -0.05) is 0 Å². The molecule has 31 heavy (non-hydrogen) atoms. The molecule has 164 valence electrons. The molecular weight excluding hydrogens is 422 g/mol. The van der Waals surface area contributed by atoms with Gasteiger partial charge in [0.25, 0.3) is 5.91 Å². The Labute approximate surface area is 173 Å². The molecule has 1 N–H and O–H groups in total. The van der Waals surface area contributed by atoms with Gasteiger partial charge in [0.05, 0.1) is 18.5 Å². The Bertz CT molecular complexity index is 1170. The number of rotatable bonds is 4. The molecule has 3 rings (SSSR count). The van der Waals surface area contributed by atoms with Crippen LogP contribution in [0.2, 0.25) is 0 Å². The van der Waals surface area contributed by atoms with Crippen molar-refractivity contribution >= 4 is 22.8 Å². The number of aromatic nitrogens is 1. The normalized spacial score (nSPS) is 12.6. The fraction of sp³-hybridized carbons (Fsp3) is 0.238. The summed E-state index contributed by atoms with van der Waals surface area (Å²) < 4.78 is 60.8. The molecule has 1 atom stereocenters. The van der Waals surface area contributed by atoms with Gasteiger partial charge >= 0.3 is 12.3 Å². The quantitative estimate of drug-likeness (QED) is 0.473. The fourth-order valence-electron chi connectivity index (χ4n) is 3.48. The van der Waals surface area contributed by atoms with E-state index in [0.29, 0.717) is 11.3 Å². The minimum absolute atomic E-state index is 0.000258. The minimum atomic E-state index is -4.88. The number of fused-ring (bicyclic) bond motifs is 1. The number of phenolic OH excluding ortho intramolecular Hbond substituents is 1. The van der Waals surface area contributed by atoms with Gasteiger partial charge in [0.1, 0.15) is 5.75 Å². The van der Waals surface area contributed by atoms with Crippen molar-refractivity contribution in [1.29, 1.82) is 0 Å². The van der Waals surface area contributed by atoms with Gasteiger partial charge in [-0.05, 0) is 49.7 Å². The molecule has 0 amide bonds. The van der Waals surface area contributed by atoms with Crippen molar-refractivity contribution in [3.8, 4) is 11.5 Å². The molecule has 0 aliphatic rings. The molecule has 0 aliphatic heterocycles. The van der Waals surface area contributed by atoms with Crippen LogP contribution in [-0.4, -0.2) is 35.0 Å². The number of phenols is 1. The second-order valence-corrected chi connectivity index (χ2v) is 6.78. The number of aromatic hydroxyl groups is 1. The average molecular weight is 439 g/mol. The van der Waals surface area contributed by atoms with Gasteiger partial charge in [0.15, 0.2) is 11.6 Å². The van der Waals surface area contributed by atoms with E-state index in [1.54, 1.807) is 0 Å². The standard InChI is InChI=1S/C21H17F4NO5/c1-10(20(29)30-3)18-11(2)26(16-9-15(22)17(27)8-14(16)18)19(28)12-4-6-13(7-5-12)31-21(23,24)25/h4-10,27H,1-3H3. The smallest absolute Gasteiger partial charge is 0.505 e. The molecule has 3 aromatic rings. The van der Waals surface area contributed by atoms with Gasteiger partial charge in [-0.3, -0.25) is 14.2 Å². The molecule has 10 heteroatoms. The number of hydrogen-bond acceptors (Lipinski definition) is 5. The van der Waals surface area contributed by atoms with Crippen molar-refractivity contribution in [2.24, 2.45) is 0 Å². The second-order valence-electron chi connectivity index (χ2n) is 6.78. The van der Waals surface area contributed by atoms with Crippen molar-refractivity contribution in [2.75, 3.05) is 7.11 Å². The number of benzene rings is 2. The molecule has 1 heterocycles. The second kappa shape index (κ2) is 7.93. The van der Waals surface area contributed by atoms with E-state index in [4.69, 9.17) is 4.74 Å². The first-order chi connectivity index (χ1) is 14.4. The van der Waals surface area contributed by atoms with Gasteiger partial charge in [0, 0.05) is 22.7 Å². The van der Waals surface area contributed by atoms with E-state index in [0.717, 1.165) is 41.0 Å². The van der Waals surface area contributed by atoms with Crippen LogP contribution in [0.3, 0.4) is 0 Å². The molecule has 0 saturated heterocycles. The SMILES string of the molecule is COC(=O)C(C)c1c(C)n(C(=O)c2ccc(OC(F)(F)F)cc2)c2cc(F)c(O)cc12. The molecule has 1 aromatic heterocycles. The molecule has 2 aromatic carbocycles. The molecule has 0 radical (unpaired) electrons. The van der Waals surface area contributed by atoms with Gasteiger partial charge in [0.2, 0.25) is 0 Å². The van der Waals surface area contributed by atoms with Crippen molar-refractivity contribution in [2.45, 2.75) is 26.1 Å². The van der Waals surface area contributed by atoms with E-state index in [1.807, 2.05) is 0 Å². The third-order valence-electron chi connectivity index (χ3n) is 4.85. The summed E-state index contributed by atoms with van der Waals surface area (Å²) in [7, 11) is 1.19. The minimum Gasteiger partial charge on any atom is -0.505 e. The number of hydrogen-bond donors (Lipinski definition) is 1. The van der Waals surface area contributed by atoms with Crippen LogP contribution in [-0.2, 0) is 9.53 Å². The Morgan fingerprint density at radius 1 is 1.13 bits per heavy atom. The molecule has 0 fully saturated rings. The topological polar surface area (TPSA) is 77.8 Å². The van der Waals surface area contributed by atoms with E-state index in [2.05, 4.69) is 4.74 Å². The van der Waals surface area contributed by atoms with Crippen LogP contribution >= 0.6 is 0 Å².